The second kappa shape index (κ2) is 10.5. The third-order valence-corrected chi connectivity index (χ3v) is 4.90. The number of guanidine groups is 1. The smallest absolute Gasteiger partial charge is 0.191 e. The average Bonchev–Trinajstić information content (AvgIpc) is 2.62. The molecule has 0 amide bonds. The van der Waals surface area contributed by atoms with Gasteiger partial charge in [-0.05, 0) is 37.9 Å². The molecule has 1 saturated carbocycles. The maximum atomic E-state index is 5.80. The van der Waals surface area contributed by atoms with Gasteiger partial charge in [-0.1, -0.05) is 36.9 Å². The Bertz CT molecular complexity index is 497. The van der Waals surface area contributed by atoms with E-state index in [0.29, 0.717) is 5.15 Å². The lowest BCUT2D eigenvalue weighted by Gasteiger charge is -2.31. The normalized spacial score (nSPS) is 16.4. The van der Waals surface area contributed by atoms with Gasteiger partial charge in [0, 0.05) is 38.9 Å². The molecule has 0 unspecified atom stereocenters. The fourth-order valence-corrected chi connectivity index (χ4v) is 3.27. The molecule has 1 fully saturated rings. The van der Waals surface area contributed by atoms with Crippen LogP contribution in [0.5, 0.6) is 0 Å². The van der Waals surface area contributed by atoms with Crippen molar-refractivity contribution in [3.63, 3.8) is 0 Å². The Morgan fingerprint density at radius 3 is 2.67 bits per heavy atom. The molecule has 6 heteroatoms. The van der Waals surface area contributed by atoms with Crippen LogP contribution >= 0.6 is 11.6 Å². The Morgan fingerprint density at radius 2 is 2.00 bits per heavy atom. The molecule has 1 heterocycles. The standard InChI is InChI=1S/C18H30ClN5/c1-20-18(21-11-10-15-8-9-17(19)23-14-15)22-12-13-24(2)16-6-4-3-5-7-16/h8-9,14,16H,3-7,10-13H2,1-2H3,(H2,20,21,22). The van der Waals surface area contributed by atoms with Crippen molar-refractivity contribution >= 4 is 17.6 Å². The van der Waals surface area contributed by atoms with Gasteiger partial charge < -0.3 is 15.5 Å². The highest BCUT2D eigenvalue weighted by atomic mass is 35.5. The van der Waals surface area contributed by atoms with Crippen LogP contribution in [0.2, 0.25) is 5.15 Å². The van der Waals surface area contributed by atoms with Crippen molar-refractivity contribution in [2.45, 2.75) is 44.6 Å². The minimum absolute atomic E-state index is 0.534. The summed E-state index contributed by atoms with van der Waals surface area (Å²) in [4.78, 5) is 10.9. The van der Waals surface area contributed by atoms with Crippen molar-refractivity contribution in [2.75, 3.05) is 33.7 Å². The van der Waals surface area contributed by atoms with Gasteiger partial charge in [-0.3, -0.25) is 4.99 Å². The summed E-state index contributed by atoms with van der Waals surface area (Å²) in [6.07, 6.45) is 9.57. The van der Waals surface area contributed by atoms with Crippen molar-refractivity contribution in [3.05, 3.63) is 29.0 Å². The molecule has 1 aliphatic carbocycles. The molecular weight excluding hydrogens is 322 g/mol. The van der Waals surface area contributed by atoms with E-state index < -0.39 is 0 Å². The SMILES string of the molecule is CN=C(NCCc1ccc(Cl)nc1)NCCN(C)C1CCCCC1. The Morgan fingerprint density at radius 1 is 1.25 bits per heavy atom. The molecule has 0 aliphatic heterocycles. The van der Waals surface area contributed by atoms with Crippen molar-refractivity contribution in [3.8, 4) is 0 Å². The zero-order valence-corrected chi connectivity index (χ0v) is 15.6. The first-order valence-corrected chi connectivity index (χ1v) is 9.32. The first-order chi connectivity index (χ1) is 11.7. The van der Waals surface area contributed by atoms with E-state index in [1.165, 1.54) is 37.7 Å². The van der Waals surface area contributed by atoms with Gasteiger partial charge in [-0.2, -0.15) is 0 Å². The molecule has 0 spiro atoms. The van der Waals surface area contributed by atoms with Gasteiger partial charge in [0.2, 0.25) is 0 Å². The number of nitrogens with zero attached hydrogens (tertiary/aromatic N) is 3. The predicted molar refractivity (Wildman–Crippen MR) is 102 cm³/mol. The highest BCUT2D eigenvalue weighted by Gasteiger charge is 2.17. The van der Waals surface area contributed by atoms with E-state index in [-0.39, 0.29) is 0 Å². The number of likely N-dealkylation sites (N-methyl/N-ethyl adjacent to an activating group) is 1. The molecule has 1 aromatic rings. The second-order valence-corrected chi connectivity index (χ2v) is 6.82. The van der Waals surface area contributed by atoms with Crippen LogP contribution < -0.4 is 10.6 Å². The molecule has 2 rings (SSSR count). The molecule has 0 bridgehead atoms. The number of halogens is 1. The molecule has 5 nitrogen and oxygen atoms in total. The maximum Gasteiger partial charge on any atom is 0.191 e. The molecular formula is C18H30ClN5. The summed E-state index contributed by atoms with van der Waals surface area (Å²) in [5.74, 6) is 0.856. The van der Waals surface area contributed by atoms with Crippen LogP contribution in [-0.4, -0.2) is 55.6 Å². The molecule has 1 aliphatic rings. The maximum absolute atomic E-state index is 5.80. The van der Waals surface area contributed by atoms with E-state index in [1.54, 1.807) is 0 Å². The fourth-order valence-electron chi connectivity index (χ4n) is 3.16. The Labute approximate surface area is 150 Å². The van der Waals surface area contributed by atoms with Crippen molar-refractivity contribution in [1.82, 2.24) is 20.5 Å². The highest BCUT2D eigenvalue weighted by molar-refractivity contribution is 6.29. The van der Waals surface area contributed by atoms with E-state index in [4.69, 9.17) is 11.6 Å². The van der Waals surface area contributed by atoms with Gasteiger partial charge in [0.05, 0.1) is 0 Å². The molecule has 134 valence electrons. The lowest BCUT2D eigenvalue weighted by Crippen LogP contribution is -2.43. The number of aliphatic imine (C=N–C) groups is 1. The molecule has 24 heavy (non-hydrogen) atoms. The van der Waals surface area contributed by atoms with Gasteiger partial charge in [0.25, 0.3) is 0 Å². The van der Waals surface area contributed by atoms with Crippen LogP contribution in [0.25, 0.3) is 0 Å². The number of nitrogens with one attached hydrogen (secondary N) is 2. The summed E-state index contributed by atoms with van der Waals surface area (Å²) in [5, 5.41) is 7.27. The topological polar surface area (TPSA) is 52.6 Å². The van der Waals surface area contributed by atoms with E-state index >= 15 is 0 Å². The number of hydrogen-bond acceptors (Lipinski definition) is 3. The third-order valence-electron chi connectivity index (χ3n) is 4.67. The van der Waals surface area contributed by atoms with E-state index in [2.05, 4.69) is 32.6 Å². The summed E-state index contributed by atoms with van der Waals surface area (Å²) < 4.78 is 0. The van der Waals surface area contributed by atoms with E-state index in [1.807, 2.05) is 25.4 Å². The summed E-state index contributed by atoms with van der Waals surface area (Å²) in [6.45, 7) is 2.78. The summed E-state index contributed by atoms with van der Waals surface area (Å²) in [6, 6.07) is 4.59. The first-order valence-electron chi connectivity index (χ1n) is 8.94. The number of hydrogen-bond donors (Lipinski definition) is 2. The number of rotatable bonds is 7. The largest absolute Gasteiger partial charge is 0.356 e. The molecule has 2 N–H and O–H groups in total. The highest BCUT2D eigenvalue weighted by Crippen LogP contribution is 2.21. The van der Waals surface area contributed by atoms with Gasteiger partial charge in [0.15, 0.2) is 5.96 Å². The Hall–Kier alpha value is -1.33. The van der Waals surface area contributed by atoms with Gasteiger partial charge in [-0.25, -0.2) is 4.98 Å². The molecule has 1 aromatic heterocycles. The average molecular weight is 352 g/mol. The summed E-state index contributed by atoms with van der Waals surface area (Å²) in [5.41, 5.74) is 1.17. The lowest BCUT2D eigenvalue weighted by atomic mass is 9.94. The Kier molecular flexibility index (Phi) is 8.33. The summed E-state index contributed by atoms with van der Waals surface area (Å²) in [7, 11) is 4.05. The minimum Gasteiger partial charge on any atom is -0.356 e. The predicted octanol–water partition coefficient (Wildman–Crippen LogP) is 2.71. The number of aromatic nitrogens is 1. The first kappa shape index (κ1) is 19.0. The molecule has 0 saturated heterocycles. The third kappa shape index (κ3) is 6.65. The van der Waals surface area contributed by atoms with Crippen LogP contribution in [0.4, 0.5) is 0 Å². The fraction of sp³-hybridized carbons (Fsp3) is 0.667. The second-order valence-electron chi connectivity index (χ2n) is 6.44. The Balaban J connectivity index is 1.62. The molecule has 0 radical (unpaired) electrons. The zero-order chi connectivity index (χ0) is 17.2. The monoisotopic (exact) mass is 351 g/mol. The van der Waals surface area contributed by atoms with Crippen LogP contribution in [0.15, 0.2) is 23.3 Å². The van der Waals surface area contributed by atoms with Crippen molar-refractivity contribution in [1.29, 1.82) is 0 Å². The van der Waals surface area contributed by atoms with E-state index in [9.17, 15) is 0 Å². The van der Waals surface area contributed by atoms with Gasteiger partial charge in [0.1, 0.15) is 5.15 Å². The minimum atomic E-state index is 0.534. The van der Waals surface area contributed by atoms with Crippen molar-refractivity contribution < 1.29 is 0 Å². The van der Waals surface area contributed by atoms with E-state index in [0.717, 1.165) is 38.1 Å². The van der Waals surface area contributed by atoms with Gasteiger partial charge in [-0.15, -0.1) is 0 Å². The molecule has 0 atom stereocenters. The number of pyridine rings is 1. The quantitative estimate of drug-likeness (QED) is 0.450. The van der Waals surface area contributed by atoms with Gasteiger partial charge >= 0.3 is 0 Å². The van der Waals surface area contributed by atoms with Crippen LogP contribution in [-0.2, 0) is 6.42 Å². The van der Waals surface area contributed by atoms with Crippen LogP contribution in [0.3, 0.4) is 0 Å². The summed E-state index contributed by atoms with van der Waals surface area (Å²) >= 11 is 5.80. The lowest BCUT2D eigenvalue weighted by molar-refractivity contribution is 0.194. The van der Waals surface area contributed by atoms with Crippen molar-refractivity contribution in [2.24, 2.45) is 4.99 Å². The zero-order valence-electron chi connectivity index (χ0n) is 14.9. The van der Waals surface area contributed by atoms with Crippen LogP contribution in [0, 0.1) is 0 Å². The molecule has 0 aromatic carbocycles. The van der Waals surface area contributed by atoms with Crippen LogP contribution in [0.1, 0.15) is 37.7 Å².